The monoisotopic (exact) mass is 273 g/mol. The smallest absolute Gasteiger partial charge is 0.227 e. The molecule has 0 aliphatic heterocycles. The summed E-state index contributed by atoms with van der Waals surface area (Å²) in [6.45, 7) is -0.260. The summed E-state index contributed by atoms with van der Waals surface area (Å²) in [6.07, 6.45) is 3.15. The van der Waals surface area contributed by atoms with Crippen molar-refractivity contribution in [1.29, 1.82) is 0 Å². The fourth-order valence-electron chi connectivity index (χ4n) is 3.00. The number of hydrogen-bond donors (Lipinski definition) is 2. The van der Waals surface area contributed by atoms with Crippen LogP contribution in [-0.4, -0.2) is 17.6 Å². The van der Waals surface area contributed by atoms with Crippen molar-refractivity contribution in [3.05, 3.63) is 29.6 Å². The summed E-state index contributed by atoms with van der Waals surface area (Å²) in [5.74, 6) is 6.01. The van der Waals surface area contributed by atoms with Crippen LogP contribution < -0.4 is 5.32 Å². The molecule has 0 radical (unpaired) electrons. The summed E-state index contributed by atoms with van der Waals surface area (Å²) < 4.78 is 13.9. The van der Waals surface area contributed by atoms with E-state index in [1.807, 2.05) is 0 Å². The number of carbonyl (C=O) groups is 1. The van der Waals surface area contributed by atoms with E-state index in [4.69, 9.17) is 5.11 Å². The van der Waals surface area contributed by atoms with Crippen molar-refractivity contribution in [3.8, 4) is 11.8 Å². The predicted octanol–water partition coefficient (Wildman–Crippen LogP) is 2.15. The average molecular weight is 273 g/mol. The second-order valence-corrected chi connectivity index (χ2v) is 5.57. The molecule has 1 amide bonds. The molecule has 2 saturated carbocycles. The fourth-order valence-corrected chi connectivity index (χ4v) is 3.00. The van der Waals surface area contributed by atoms with Crippen LogP contribution >= 0.6 is 0 Å². The number of halogens is 1. The molecule has 1 aromatic carbocycles. The van der Waals surface area contributed by atoms with Gasteiger partial charge in [-0.15, -0.1) is 0 Å². The van der Waals surface area contributed by atoms with Crippen molar-refractivity contribution in [2.45, 2.75) is 19.3 Å². The van der Waals surface area contributed by atoms with E-state index in [0.29, 0.717) is 5.56 Å². The summed E-state index contributed by atoms with van der Waals surface area (Å²) in [5, 5.41) is 11.3. The van der Waals surface area contributed by atoms with E-state index < -0.39 is 5.82 Å². The third kappa shape index (κ3) is 2.68. The van der Waals surface area contributed by atoms with E-state index in [1.165, 1.54) is 18.6 Å². The lowest BCUT2D eigenvalue weighted by Crippen LogP contribution is -2.22. The highest BCUT2D eigenvalue weighted by atomic mass is 19.1. The van der Waals surface area contributed by atoms with Gasteiger partial charge >= 0.3 is 0 Å². The average Bonchev–Trinajstić information content (AvgIpc) is 3.05. The third-order valence-corrected chi connectivity index (χ3v) is 4.15. The molecule has 2 fully saturated rings. The Morgan fingerprint density at radius 3 is 2.75 bits per heavy atom. The predicted molar refractivity (Wildman–Crippen MR) is 73.3 cm³/mol. The third-order valence-electron chi connectivity index (χ3n) is 4.15. The van der Waals surface area contributed by atoms with Gasteiger partial charge in [-0.1, -0.05) is 11.8 Å². The second kappa shape index (κ2) is 5.26. The van der Waals surface area contributed by atoms with Crippen molar-refractivity contribution in [2.24, 2.45) is 17.8 Å². The number of rotatable bonds is 2. The van der Waals surface area contributed by atoms with Crippen LogP contribution in [-0.2, 0) is 4.79 Å². The second-order valence-electron chi connectivity index (χ2n) is 5.57. The molecule has 4 heteroatoms. The van der Waals surface area contributed by atoms with Crippen LogP contribution in [0.1, 0.15) is 24.8 Å². The zero-order chi connectivity index (χ0) is 14.1. The molecule has 3 nitrogen and oxygen atoms in total. The Kier molecular flexibility index (Phi) is 3.45. The molecular weight excluding hydrogens is 257 g/mol. The van der Waals surface area contributed by atoms with Gasteiger partial charge in [-0.2, -0.15) is 0 Å². The van der Waals surface area contributed by atoms with Crippen molar-refractivity contribution < 1.29 is 14.3 Å². The highest BCUT2D eigenvalue weighted by molar-refractivity contribution is 5.93. The first kappa shape index (κ1) is 13.1. The first-order chi connectivity index (χ1) is 9.67. The Morgan fingerprint density at radius 2 is 2.10 bits per heavy atom. The molecule has 0 bridgehead atoms. The van der Waals surface area contributed by atoms with Crippen LogP contribution in [0.25, 0.3) is 0 Å². The lowest BCUT2D eigenvalue weighted by Gasteiger charge is -2.12. The number of aliphatic hydroxyl groups excluding tert-OH is 1. The number of nitrogens with one attached hydrogen (secondary N) is 1. The number of carbonyl (C=O) groups excluding carboxylic acids is 1. The molecule has 2 aliphatic rings. The molecule has 0 aromatic heterocycles. The van der Waals surface area contributed by atoms with Gasteiger partial charge < -0.3 is 10.4 Å². The Bertz CT molecular complexity index is 592. The van der Waals surface area contributed by atoms with Gasteiger partial charge in [0.25, 0.3) is 0 Å². The van der Waals surface area contributed by atoms with Gasteiger partial charge in [0.2, 0.25) is 5.91 Å². The van der Waals surface area contributed by atoms with Crippen LogP contribution in [0.2, 0.25) is 0 Å². The van der Waals surface area contributed by atoms with Crippen molar-refractivity contribution in [3.63, 3.8) is 0 Å². The number of fused-ring (bicyclic) bond motifs is 1. The van der Waals surface area contributed by atoms with E-state index in [1.54, 1.807) is 6.07 Å². The quantitative estimate of drug-likeness (QED) is 0.811. The maximum atomic E-state index is 13.9. The van der Waals surface area contributed by atoms with Crippen molar-refractivity contribution in [1.82, 2.24) is 0 Å². The van der Waals surface area contributed by atoms with Gasteiger partial charge in [-0.25, -0.2) is 4.39 Å². The Labute approximate surface area is 117 Å². The number of aliphatic hydroxyl groups is 1. The van der Waals surface area contributed by atoms with Crippen molar-refractivity contribution in [2.75, 3.05) is 11.9 Å². The van der Waals surface area contributed by atoms with E-state index >= 15 is 0 Å². The molecule has 0 spiro atoms. The minimum Gasteiger partial charge on any atom is -0.384 e. The molecule has 20 heavy (non-hydrogen) atoms. The highest BCUT2D eigenvalue weighted by Crippen LogP contribution is 2.54. The van der Waals surface area contributed by atoms with Gasteiger partial charge in [-0.3, -0.25) is 4.79 Å². The maximum absolute atomic E-state index is 13.9. The number of hydrogen-bond acceptors (Lipinski definition) is 2. The molecule has 2 unspecified atom stereocenters. The first-order valence-corrected chi connectivity index (χ1v) is 6.87. The van der Waals surface area contributed by atoms with Crippen LogP contribution in [0.15, 0.2) is 18.2 Å². The van der Waals surface area contributed by atoms with Crippen LogP contribution in [0.5, 0.6) is 0 Å². The SMILES string of the molecule is O=C(Nc1ccc(C#CCO)cc1F)C1CC2CC2C1. The van der Waals surface area contributed by atoms with E-state index in [0.717, 1.165) is 24.7 Å². The number of amides is 1. The molecule has 3 rings (SSSR count). The first-order valence-electron chi connectivity index (χ1n) is 6.87. The molecule has 2 atom stereocenters. The number of anilines is 1. The normalized spacial score (nSPS) is 26.4. The number of benzene rings is 1. The van der Waals surface area contributed by atoms with Gasteiger partial charge in [0.1, 0.15) is 12.4 Å². The molecule has 2 N–H and O–H groups in total. The van der Waals surface area contributed by atoms with Crippen LogP contribution in [0.4, 0.5) is 10.1 Å². The Morgan fingerprint density at radius 1 is 1.35 bits per heavy atom. The van der Waals surface area contributed by atoms with E-state index in [2.05, 4.69) is 17.2 Å². The molecular formula is C16H16FNO2. The zero-order valence-corrected chi connectivity index (χ0v) is 11.0. The van der Waals surface area contributed by atoms with Gasteiger partial charge in [0.05, 0.1) is 5.69 Å². The van der Waals surface area contributed by atoms with E-state index in [-0.39, 0.29) is 24.1 Å². The van der Waals surface area contributed by atoms with Crippen LogP contribution in [0.3, 0.4) is 0 Å². The minimum atomic E-state index is -0.494. The van der Waals surface area contributed by atoms with Crippen LogP contribution in [0, 0.1) is 35.4 Å². The summed E-state index contributed by atoms with van der Waals surface area (Å²) in [5.41, 5.74) is 0.682. The highest BCUT2D eigenvalue weighted by Gasteiger charge is 2.48. The van der Waals surface area contributed by atoms with Gasteiger partial charge in [-0.05, 0) is 49.3 Å². The van der Waals surface area contributed by atoms with E-state index in [9.17, 15) is 9.18 Å². The summed E-state index contributed by atoms with van der Waals surface area (Å²) in [6, 6.07) is 4.42. The Balaban J connectivity index is 1.66. The standard InChI is InChI=1S/C16H16FNO2/c17-14-6-10(2-1-5-19)3-4-15(14)18-16(20)13-8-11-7-12(11)9-13/h3-4,6,11-13,19H,5,7-9H2,(H,18,20). The molecule has 2 aliphatic carbocycles. The van der Waals surface area contributed by atoms with Gasteiger partial charge in [0.15, 0.2) is 0 Å². The fraction of sp³-hybridized carbons (Fsp3) is 0.438. The summed E-state index contributed by atoms with van der Waals surface area (Å²) in [4.78, 5) is 12.1. The molecule has 1 aromatic rings. The Hall–Kier alpha value is -1.86. The topological polar surface area (TPSA) is 49.3 Å². The van der Waals surface area contributed by atoms with Crippen molar-refractivity contribution >= 4 is 11.6 Å². The zero-order valence-electron chi connectivity index (χ0n) is 11.0. The van der Waals surface area contributed by atoms with Gasteiger partial charge in [0, 0.05) is 11.5 Å². The minimum absolute atomic E-state index is 0.0343. The lowest BCUT2D eigenvalue weighted by molar-refractivity contribution is -0.120. The molecule has 0 heterocycles. The lowest BCUT2D eigenvalue weighted by atomic mass is 10.0. The maximum Gasteiger partial charge on any atom is 0.227 e. The molecule has 0 saturated heterocycles. The summed E-state index contributed by atoms with van der Waals surface area (Å²) in [7, 11) is 0. The summed E-state index contributed by atoms with van der Waals surface area (Å²) >= 11 is 0. The largest absolute Gasteiger partial charge is 0.384 e. The molecule has 104 valence electrons.